The van der Waals surface area contributed by atoms with E-state index in [0.717, 1.165) is 23.5 Å². The van der Waals surface area contributed by atoms with Crippen molar-refractivity contribution < 1.29 is 14.0 Å². The third-order valence-corrected chi connectivity index (χ3v) is 6.43. The third-order valence-electron chi connectivity index (χ3n) is 5.31. The van der Waals surface area contributed by atoms with Gasteiger partial charge in [-0.1, -0.05) is 17.7 Å². The molecular formula is C23H23ClN2O3S. The Labute approximate surface area is 184 Å². The van der Waals surface area contributed by atoms with Crippen LogP contribution in [0.1, 0.15) is 33.8 Å². The molecule has 1 atom stereocenters. The zero-order valence-corrected chi connectivity index (χ0v) is 18.1. The first-order valence-corrected chi connectivity index (χ1v) is 11.2. The van der Waals surface area contributed by atoms with Gasteiger partial charge in [-0.3, -0.25) is 9.59 Å². The summed E-state index contributed by atoms with van der Waals surface area (Å²) in [4.78, 5) is 31.1. The normalized spacial score (nSPS) is 16.4. The van der Waals surface area contributed by atoms with Gasteiger partial charge in [-0.2, -0.15) is 0 Å². The summed E-state index contributed by atoms with van der Waals surface area (Å²) < 4.78 is 5.48. The molecule has 0 spiro atoms. The molecule has 1 aliphatic rings. The van der Waals surface area contributed by atoms with E-state index in [9.17, 15) is 9.59 Å². The summed E-state index contributed by atoms with van der Waals surface area (Å²) in [6.07, 6.45) is 3.21. The van der Waals surface area contributed by atoms with Crippen molar-refractivity contribution in [3.05, 3.63) is 81.4 Å². The molecule has 0 radical (unpaired) electrons. The average Bonchev–Trinajstić information content (AvgIpc) is 3.47. The van der Waals surface area contributed by atoms with E-state index in [1.165, 1.54) is 0 Å². The Kier molecular flexibility index (Phi) is 6.55. The Morgan fingerprint density at radius 3 is 2.67 bits per heavy atom. The fraction of sp³-hybridized carbons (Fsp3) is 0.304. The van der Waals surface area contributed by atoms with Crippen LogP contribution >= 0.6 is 22.9 Å². The van der Waals surface area contributed by atoms with E-state index < -0.39 is 0 Å². The first kappa shape index (κ1) is 20.7. The Morgan fingerprint density at radius 2 is 1.97 bits per heavy atom. The molecule has 1 aliphatic heterocycles. The standard InChI is InChI=1S/C23H23ClN2O3S/c24-19-9-7-17(8-10-19)22(27)25-11-1-4-18(14-25)23(28)26(15-20-5-2-12-29-20)16-21-6-3-13-30-21/h2-3,5-10,12-13,18H,1,4,11,14-16H2. The molecule has 0 N–H and O–H groups in total. The first-order chi connectivity index (χ1) is 14.6. The van der Waals surface area contributed by atoms with E-state index in [4.69, 9.17) is 16.0 Å². The number of amides is 2. The number of thiophene rings is 1. The van der Waals surface area contributed by atoms with Crippen LogP contribution in [-0.2, 0) is 17.9 Å². The number of carbonyl (C=O) groups excluding carboxylic acids is 2. The average molecular weight is 443 g/mol. The molecule has 0 aliphatic carbocycles. The van der Waals surface area contributed by atoms with Gasteiger partial charge in [-0.15, -0.1) is 11.3 Å². The fourth-order valence-electron chi connectivity index (χ4n) is 3.79. The van der Waals surface area contributed by atoms with Crippen LogP contribution in [0.15, 0.2) is 64.6 Å². The van der Waals surface area contributed by atoms with Crippen molar-refractivity contribution in [3.8, 4) is 0 Å². The van der Waals surface area contributed by atoms with Gasteiger partial charge in [0.15, 0.2) is 0 Å². The van der Waals surface area contributed by atoms with Crippen LogP contribution < -0.4 is 0 Å². The Hall–Kier alpha value is -2.57. The zero-order valence-electron chi connectivity index (χ0n) is 16.5. The van der Waals surface area contributed by atoms with Gasteiger partial charge in [0.05, 0.1) is 25.3 Å². The van der Waals surface area contributed by atoms with Crippen molar-refractivity contribution in [1.82, 2.24) is 9.80 Å². The highest BCUT2D eigenvalue weighted by atomic mass is 35.5. The van der Waals surface area contributed by atoms with Gasteiger partial charge in [0.2, 0.25) is 5.91 Å². The van der Waals surface area contributed by atoms with Gasteiger partial charge < -0.3 is 14.2 Å². The largest absolute Gasteiger partial charge is 0.467 e. The van der Waals surface area contributed by atoms with Crippen molar-refractivity contribution in [2.45, 2.75) is 25.9 Å². The first-order valence-electron chi connectivity index (χ1n) is 9.98. The summed E-state index contributed by atoms with van der Waals surface area (Å²) in [6.45, 7) is 2.05. The predicted molar refractivity (Wildman–Crippen MR) is 117 cm³/mol. The second kappa shape index (κ2) is 9.49. The van der Waals surface area contributed by atoms with Crippen molar-refractivity contribution in [1.29, 1.82) is 0 Å². The minimum atomic E-state index is -0.218. The van der Waals surface area contributed by atoms with Crippen LogP contribution in [0.25, 0.3) is 0 Å². The van der Waals surface area contributed by atoms with E-state index in [2.05, 4.69) is 0 Å². The molecule has 1 fully saturated rings. The van der Waals surface area contributed by atoms with Gasteiger partial charge in [-0.05, 0) is 60.7 Å². The van der Waals surface area contributed by atoms with Crippen molar-refractivity contribution in [3.63, 3.8) is 0 Å². The van der Waals surface area contributed by atoms with Crippen LogP contribution in [0.5, 0.6) is 0 Å². The number of carbonyl (C=O) groups is 2. The van der Waals surface area contributed by atoms with E-state index in [1.807, 2.05) is 34.5 Å². The number of hydrogen-bond acceptors (Lipinski definition) is 4. The summed E-state index contributed by atoms with van der Waals surface area (Å²) in [6, 6.07) is 14.6. The number of hydrogen-bond donors (Lipinski definition) is 0. The number of nitrogens with zero attached hydrogens (tertiary/aromatic N) is 2. The number of furan rings is 1. The molecule has 156 valence electrons. The molecule has 2 amide bonds. The second-order valence-electron chi connectivity index (χ2n) is 7.45. The van der Waals surface area contributed by atoms with Gasteiger partial charge >= 0.3 is 0 Å². The number of rotatable bonds is 6. The quantitative estimate of drug-likeness (QED) is 0.535. The SMILES string of the molecule is O=C(c1ccc(Cl)cc1)N1CCCC(C(=O)N(Cc2ccco2)Cc2cccs2)C1. The summed E-state index contributed by atoms with van der Waals surface area (Å²) in [5.74, 6) is 0.545. The number of likely N-dealkylation sites (tertiary alicyclic amines) is 1. The van der Waals surface area contributed by atoms with Crippen molar-refractivity contribution in [2.24, 2.45) is 5.92 Å². The number of benzene rings is 1. The summed E-state index contributed by atoms with van der Waals surface area (Å²) in [5.41, 5.74) is 0.596. The molecule has 7 heteroatoms. The molecule has 0 bridgehead atoms. The molecule has 4 rings (SSSR count). The van der Waals surface area contributed by atoms with Crippen LogP contribution in [-0.4, -0.2) is 34.7 Å². The summed E-state index contributed by atoms with van der Waals surface area (Å²) in [7, 11) is 0. The molecular weight excluding hydrogens is 420 g/mol. The molecule has 3 aromatic rings. The van der Waals surface area contributed by atoms with E-state index in [-0.39, 0.29) is 17.7 Å². The highest BCUT2D eigenvalue weighted by molar-refractivity contribution is 7.09. The molecule has 1 aromatic carbocycles. The number of halogens is 1. The van der Waals surface area contributed by atoms with Crippen molar-refractivity contribution in [2.75, 3.05) is 13.1 Å². The smallest absolute Gasteiger partial charge is 0.253 e. The monoisotopic (exact) mass is 442 g/mol. The molecule has 30 heavy (non-hydrogen) atoms. The molecule has 1 unspecified atom stereocenters. The van der Waals surface area contributed by atoms with Gasteiger partial charge in [-0.25, -0.2) is 0 Å². The maximum atomic E-state index is 13.4. The van der Waals surface area contributed by atoms with E-state index >= 15 is 0 Å². The molecule has 1 saturated heterocycles. The molecule has 3 heterocycles. The second-order valence-corrected chi connectivity index (χ2v) is 8.92. The Balaban J connectivity index is 1.47. The predicted octanol–water partition coefficient (Wildman–Crippen LogP) is 5.08. The Bertz CT molecular complexity index is 934. The van der Waals surface area contributed by atoms with Gasteiger partial charge in [0, 0.05) is 28.6 Å². The van der Waals surface area contributed by atoms with E-state index in [0.29, 0.717) is 36.8 Å². The Morgan fingerprint density at radius 1 is 1.13 bits per heavy atom. The summed E-state index contributed by atoms with van der Waals surface area (Å²) in [5, 5.41) is 2.61. The highest BCUT2D eigenvalue weighted by Crippen LogP contribution is 2.24. The fourth-order valence-corrected chi connectivity index (χ4v) is 4.63. The molecule has 2 aromatic heterocycles. The molecule has 0 saturated carbocycles. The topological polar surface area (TPSA) is 53.8 Å². The maximum absolute atomic E-state index is 13.4. The van der Waals surface area contributed by atoms with E-state index in [1.54, 1.807) is 46.8 Å². The van der Waals surface area contributed by atoms with Crippen molar-refractivity contribution >= 4 is 34.8 Å². The van der Waals surface area contributed by atoms with Crippen LogP contribution in [0.2, 0.25) is 5.02 Å². The summed E-state index contributed by atoms with van der Waals surface area (Å²) >= 11 is 7.57. The van der Waals surface area contributed by atoms with Crippen LogP contribution in [0, 0.1) is 5.92 Å². The lowest BCUT2D eigenvalue weighted by Gasteiger charge is -2.35. The maximum Gasteiger partial charge on any atom is 0.253 e. The third kappa shape index (κ3) is 4.94. The van der Waals surface area contributed by atoms with Crippen LogP contribution in [0.3, 0.4) is 0 Å². The lowest BCUT2D eigenvalue weighted by Crippen LogP contribution is -2.46. The lowest BCUT2D eigenvalue weighted by atomic mass is 9.95. The molecule has 5 nitrogen and oxygen atoms in total. The van der Waals surface area contributed by atoms with Gasteiger partial charge in [0.1, 0.15) is 5.76 Å². The highest BCUT2D eigenvalue weighted by Gasteiger charge is 2.32. The lowest BCUT2D eigenvalue weighted by molar-refractivity contribution is -0.138. The zero-order chi connectivity index (χ0) is 20.9. The van der Waals surface area contributed by atoms with Crippen LogP contribution in [0.4, 0.5) is 0 Å². The number of piperidine rings is 1. The van der Waals surface area contributed by atoms with Gasteiger partial charge in [0.25, 0.3) is 5.91 Å². The minimum absolute atomic E-state index is 0.0555. The minimum Gasteiger partial charge on any atom is -0.467 e.